The second-order valence-corrected chi connectivity index (χ2v) is 2.52. The molecule has 0 aliphatic heterocycles. The number of unbranched alkanes of at least 4 members (excludes halogenated alkanes) is 1. The van der Waals surface area contributed by atoms with Gasteiger partial charge in [-0.1, -0.05) is 0 Å². The number of rotatable bonds is 5. The molecule has 0 aromatic carbocycles. The number of hydrogen-bond acceptors (Lipinski definition) is 6. The van der Waals surface area contributed by atoms with E-state index >= 15 is 0 Å². The number of nitrogens with one attached hydrogen (secondary N) is 1. The van der Waals surface area contributed by atoms with Crippen molar-refractivity contribution in [1.82, 2.24) is 5.48 Å². The van der Waals surface area contributed by atoms with Crippen LogP contribution in [0, 0.1) is 10.1 Å². The average Bonchev–Trinajstić information content (AvgIpc) is 2.16. The van der Waals surface area contributed by atoms with Crippen LogP contribution in [0.1, 0.15) is 25.7 Å². The van der Waals surface area contributed by atoms with E-state index in [9.17, 15) is 14.9 Å². The van der Waals surface area contributed by atoms with Gasteiger partial charge in [0.1, 0.15) is 5.16 Å². The van der Waals surface area contributed by atoms with Gasteiger partial charge in [0.25, 0.3) is 0 Å². The van der Waals surface area contributed by atoms with Crippen LogP contribution in [0.15, 0.2) is 5.16 Å². The molecular weight excluding hydrogens is 194 g/mol. The highest BCUT2D eigenvalue weighted by molar-refractivity contribution is 5.75. The van der Waals surface area contributed by atoms with Crippen molar-refractivity contribution >= 4 is 11.7 Å². The molecule has 8 nitrogen and oxygen atoms in total. The minimum absolute atomic E-state index is 0.0117. The molecule has 1 amide bonds. The molecule has 0 unspecified atom stereocenters. The fraction of sp³-hybridized carbons (Fsp3) is 0.667. The number of carbonyl (C=O) groups is 1. The van der Waals surface area contributed by atoms with E-state index in [4.69, 9.17) is 10.4 Å². The van der Waals surface area contributed by atoms with Gasteiger partial charge in [-0.2, -0.15) is 0 Å². The van der Waals surface area contributed by atoms with E-state index in [1.165, 1.54) is 5.48 Å². The first kappa shape index (κ1) is 12.3. The van der Waals surface area contributed by atoms with Gasteiger partial charge in [-0.3, -0.25) is 10.0 Å². The Kier molecular flexibility index (Phi) is 5.95. The van der Waals surface area contributed by atoms with Crippen LogP contribution in [0.5, 0.6) is 0 Å². The number of hydroxylamine groups is 1. The van der Waals surface area contributed by atoms with Gasteiger partial charge >= 0.3 is 5.84 Å². The van der Waals surface area contributed by atoms with E-state index in [0.29, 0.717) is 12.8 Å². The van der Waals surface area contributed by atoms with Crippen molar-refractivity contribution in [2.24, 2.45) is 5.16 Å². The summed E-state index contributed by atoms with van der Waals surface area (Å²) in [5.74, 6) is -1.08. The SMILES string of the molecule is O=C(CCCC/C(=N\O)[N+](=O)[O-])NO. The zero-order valence-electron chi connectivity index (χ0n) is 7.34. The fourth-order valence-corrected chi connectivity index (χ4v) is 0.802. The molecule has 0 spiro atoms. The van der Waals surface area contributed by atoms with Gasteiger partial charge < -0.3 is 15.3 Å². The van der Waals surface area contributed by atoms with Crippen molar-refractivity contribution in [1.29, 1.82) is 0 Å². The molecule has 0 aromatic heterocycles. The topological polar surface area (TPSA) is 125 Å². The maximum atomic E-state index is 10.5. The summed E-state index contributed by atoms with van der Waals surface area (Å²) in [6.07, 6.45) is 0.780. The van der Waals surface area contributed by atoms with Gasteiger partial charge in [0.05, 0.1) is 6.42 Å². The van der Waals surface area contributed by atoms with Crippen molar-refractivity contribution in [2.45, 2.75) is 25.7 Å². The highest BCUT2D eigenvalue weighted by Gasteiger charge is 2.12. The molecule has 0 atom stereocenters. The number of hydrogen-bond donors (Lipinski definition) is 3. The predicted octanol–water partition coefficient (Wildman–Crippen LogP) is 0.117. The van der Waals surface area contributed by atoms with Crippen LogP contribution in [0.4, 0.5) is 0 Å². The van der Waals surface area contributed by atoms with Gasteiger partial charge in [-0.25, -0.2) is 5.48 Å². The zero-order valence-corrected chi connectivity index (χ0v) is 7.34. The van der Waals surface area contributed by atoms with Crippen LogP contribution in [0.25, 0.3) is 0 Å². The monoisotopic (exact) mass is 205 g/mol. The first-order valence-corrected chi connectivity index (χ1v) is 3.90. The summed E-state index contributed by atoms with van der Waals surface area (Å²) in [5, 5.41) is 28.9. The van der Waals surface area contributed by atoms with Crippen LogP contribution >= 0.6 is 0 Å². The highest BCUT2D eigenvalue weighted by Crippen LogP contribution is 2.01. The number of carbonyl (C=O) groups excluding carboxylic acids is 1. The third-order valence-corrected chi connectivity index (χ3v) is 1.51. The third kappa shape index (κ3) is 5.04. The van der Waals surface area contributed by atoms with Crippen LogP contribution < -0.4 is 5.48 Å². The van der Waals surface area contributed by atoms with E-state index in [0.717, 1.165) is 0 Å². The Bertz CT molecular complexity index is 240. The lowest BCUT2D eigenvalue weighted by Crippen LogP contribution is -2.18. The Balaban J connectivity index is 3.63. The summed E-state index contributed by atoms with van der Waals surface area (Å²) < 4.78 is 0. The molecule has 0 radical (unpaired) electrons. The van der Waals surface area contributed by atoms with E-state index in [2.05, 4.69) is 5.16 Å². The van der Waals surface area contributed by atoms with Gasteiger partial charge in [0.2, 0.25) is 5.91 Å². The second-order valence-electron chi connectivity index (χ2n) is 2.52. The Hall–Kier alpha value is -1.70. The van der Waals surface area contributed by atoms with Crippen LogP contribution in [-0.2, 0) is 4.79 Å². The Labute approximate surface area is 79.3 Å². The van der Waals surface area contributed by atoms with E-state index in [1.54, 1.807) is 0 Å². The lowest BCUT2D eigenvalue weighted by atomic mass is 10.2. The van der Waals surface area contributed by atoms with E-state index in [-0.39, 0.29) is 12.8 Å². The quantitative estimate of drug-likeness (QED) is 0.112. The molecule has 0 fully saturated rings. The number of nitro groups is 1. The van der Waals surface area contributed by atoms with Crippen LogP contribution in [0.2, 0.25) is 0 Å². The molecule has 0 heterocycles. The largest absolute Gasteiger partial charge is 0.385 e. The summed E-state index contributed by atoms with van der Waals surface area (Å²) in [4.78, 5) is 19.8. The second kappa shape index (κ2) is 6.78. The van der Waals surface area contributed by atoms with Gasteiger partial charge in [-0.05, 0) is 17.8 Å². The summed E-state index contributed by atoms with van der Waals surface area (Å²) in [6, 6.07) is 0. The maximum absolute atomic E-state index is 10.5. The molecule has 8 heteroatoms. The van der Waals surface area contributed by atoms with Crippen molar-refractivity contribution in [2.75, 3.05) is 0 Å². The minimum atomic E-state index is -0.786. The van der Waals surface area contributed by atoms with Crippen molar-refractivity contribution in [3.8, 4) is 0 Å². The summed E-state index contributed by atoms with van der Waals surface area (Å²) in [6.45, 7) is 0. The number of nitrogens with zero attached hydrogens (tertiary/aromatic N) is 2. The number of amides is 1. The van der Waals surface area contributed by atoms with Crippen molar-refractivity contribution < 1.29 is 20.1 Å². The summed E-state index contributed by atoms with van der Waals surface area (Å²) >= 11 is 0. The maximum Gasteiger partial charge on any atom is 0.385 e. The van der Waals surface area contributed by atoms with Gasteiger partial charge in [0.15, 0.2) is 0 Å². The molecular formula is C6H11N3O5. The molecule has 0 saturated heterocycles. The Morgan fingerprint density at radius 3 is 2.43 bits per heavy atom. The molecule has 0 saturated carbocycles. The Morgan fingerprint density at radius 2 is 2.00 bits per heavy atom. The smallest absolute Gasteiger partial charge is 0.358 e. The molecule has 3 N–H and O–H groups in total. The molecule has 0 aliphatic rings. The lowest BCUT2D eigenvalue weighted by Gasteiger charge is -1.97. The first-order valence-electron chi connectivity index (χ1n) is 3.90. The highest BCUT2D eigenvalue weighted by atomic mass is 16.6. The lowest BCUT2D eigenvalue weighted by molar-refractivity contribution is -0.355. The molecule has 0 aliphatic carbocycles. The summed E-state index contributed by atoms with van der Waals surface area (Å²) in [7, 11) is 0. The number of oxime groups is 1. The summed E-state index contributed by atoms with van der Waals surface area (Å²) in [5.41, 5.74) is 1.44. The van der Waals surface area contributed by atoms with Crippen LogP contribution in [0.3, 0.4) is 0 Å². The predicted molar refractivity (Wildman–Crippen MR) is 44.6 cm³/mol. The molecule has 80 valence electrons. The van der Waals surface area contributed by atoms with Crippen molar-refractivity contribution in [3.05, 3.63) is 10.1 Å². The molecule has 0 aromatic rings. The number of amidine groups is 1. The molecule has 0 bridgehead atoms. The zero-order chi connectivity index (χ0) is 11.0. The van der Waals surface area contributed by atoms with Gasteiger partial charge in [0, 0.05) is 6.42 Å². The van der Waals surface area contributed by atoms with E-state index in [1.807, 2.05) is 0 Å². The van der Waals surface area contributed by atoms with E-state index < -0.39 is 16.7 Å². The average molecular weight is 205 g/mol. The standard InChI is InChI=1S/C6H11N3O5/c10-6(8-12)4-2-1-3-5(7-11)9(13)14/h11-12H,1-4H2,(H,8,10)/b7-5+. The molecule has 14 heavy (non-hydrogen) atoms. The minimum Gasteiger partial charge on any atom is -0.358 e. The normalized spacial score (nSPS) is 11.1. The third-order valence-electron chi connectivity index (χ3n) is 1.51. The van der Waals surface area contributed by atoms with Crippen LogP contribution in [-0.4, -0.2) is 27.1 Å². The van der Waals surface area contributed by atoms with Crippen molar-refractivity contribution in [3.63, 3.8) is 0 Å². The first-order chi connectivity index (χ1) is 6.61. The molecule has 0 rings (SSSR count). The fourth-order valence-electron chi connectivity index (χ4n) is 0.802. The van der Waals surface area contributed by atoms with Gasteiger partial charge in [-0.15, -0.1) is 0 Å². The Morgan fingerprint density at radius 1 is 1.43 bits per heavy atom.